The van der Waals surface area contributed by atoms with Crippen LogP contribution < -0.4 is 5.32 Å². The third kappa shape index (κ3) is 2.72. The molecule has 0 aliphatic heterocycles. The van der Waals surface area contributed by atoms with Crippen molar-refractivity contribution in [2.45, 2.75) is 19.0 Å². The number of nitrogens with zero attached hydrogens (tertiary/aromatic N) is 2. The SMILES string of the molecule is CCNc1nc(C(F)(F)C(F)(F)F)nc2ccc(F)cc12. The first kappa shape index (κ1) is 15.3. The molecule has 1 aromatic heterocycles. The molecule has 0 unspecified atom stereocenters. The smallest absolute Gasteiger partial charge is 0.370 e. The number of hydrogen-bond acceptors (Lipinski definition) is 3. The third-order valence-corrected chi connectivity index (χ3v) is 2.64. The molecule has 114 valence electrons. The highest BCUT2D eigenvalue weighted by molar-refractivity contribution is 5.89. The number of aromatic nitrogens is 2. The van der Waals surface area contributed by atoms with Gasteiger partial charge in [-0.15, -0.1) is 0 Å². The fourth-order valence-electron chi connectivity index (χ4n) is 1.67. The molecular weight excluding hydrogens is 300 g/mol. The van der Waals surface area contributed by atoms with E-state index in [1.807, 2.05) is 0 Å². The van der Waals surface area contributed by atoms with Gasteiger partial charge in [0.2, 0.25) is 5.82 Å². The molecule has 3 nitrogen and oxygen atoms in total. The van der Waals surface area contributed by atoms with Gasteiger partial charge in [-0.05, 0) is 25.1 Å². The summed E-state index contributed by atoms with van der Waals surface area (Å²) in [4.78, 5) is 6.42. The highest BCUT2D eigenvalue weighted by atomic mass is 19.4. The number of hydrogen-bond donors (Lipinski definition) is 1. The Morgan fingerprint density at radius 1 is 1.10 bits per heavy atom. The highest BCUT2D eigenvalue weighted by Gasteiger charge is 2.61. The molecule has 1 aromatic carbocycles. The van der Waals surface area contributed by atoms with Crippen LogP contribution in [0.15, 0.2) is 18.2 Å². The number of halogens is 6. The lowest BCUT2D eigenvalue weighted by molar-refractivity contribution is -0.292. The van der Waals surface area contributed by atoms with Crippen LogP contribution >= 0.6 is 0 Å². The fourth-order valence-corrected chi connectivity index (χ4v) is 1.67. The van der Waals surface area contributed by atoms with Gasteiger partial charge in [0.05, 0.1) is 5.52 Å². The average Bonchev–Trinajstić information content (AvgIpc) is 2.38. The largest absolute Gasteiger partial charge is 0.461 e. The molecule has 1 heterocycles. The number of anilines is 1. The summed E-state index contributed by atoms with van der Waals surface area (Å²) in [6, 6.07) is 2.90. The third-order valence-electron chi connectivity index (χ3n) is 2.64. The van der Waals surface area contributed by atoms with Crippen LogP contribution in [-0.4, -0.2) is 22.7 Å². The lowest BCUT2D eigenvalue weighted by Gasteiger charge is -2.19. The monoisotopic (exact) mass is 309 g/mol. The molecule has 0 aliphatic carbocycles. The Hall–Kier alpha value is -2.06. The Morgan fingerprint density at radius 2 is 1.76 bits per heavy atom. The first-order valence-electron chi connectivity index (χ1n) is 5.83. The lowest BCUT2D eigenvalue weighted by atomic mass is 10.2. The van der Waals surface area contributed by atoms with Crippen LogP contribution in [0.2, 0.25) is 0 Å². The van der Waals surface area contributed by atoms with Gasteiger partial charge in [0.25, 0.3) is 0 Å². The summed E-state index contributed by atoms with van der Waals surface area (Å²) in [6.45, 7) is 1.80. The molecule has 0 atom stereocenters. The Morgan fingerprint density at radius 3 is 2.33 bits per heavy atom. The Kier molecular flexibility index (Phi) is 3.68. The van der Waals surface area contributed by atoms with Crippen LogP contribution in [-0.2, 0) is 5.92 Å². The van der Waals surface area contributed by atoms with E-state index in [1.165, 1.54) is 0 Å². The van der Waals surface area contributed by atoms with E-state index in [0.717, 1.165) is 18.2 Å². The van der Waals surface area contributed by atoms with Crippen molar-refractivity contribution in [3.8, 4) is 0 Å². The predicted octanol–water partition coefficient (Wildman–Crippen LogP) is 3.85. The summed E-state index contributed by atoms with van der Waals surface area (Å²) < 4.78 is 77.0. The van der Waals surface area contributed by atoms with E-state index in [1.54, 1.807) is 6.92 Å². The van der Waals surface area contributed by atoms with Gasteiger partial charge in [-0.25, -0.2) is 14.4 Å². The molecule has 0 radical (unpaired) electrons. The van der Waals surface area contributed by atoms with Crippen LogP contribution in [0.1, 0.15) is 12.7 Å². The molecule has 0 fully saturated rings. The Balaban J connectivity index is 2.70. The van der Waals surface area contributed by atoms with Crippen molar-refractivity contribution < 1.29 is 26.3 Å². The minimum atomic E-state index is -5.82. The van der Waals surface area contributed by atoms with E-state index >= 15 is 0 Å². The number of benzene rings is 1. The summed E-state index contributed by atoms with van der Waals surface area (Å²) in [5, 5.41) is 2.55. The van der Waals surface area contributed by atoms with E-state index in [-0.39, 0.29) is 23.3 Å². The van der Waals surface area contributed by atoms with Gasteiger partial charge in [-0.2, -0.15) is 22.0 Å². The summed E-state index contributed by atoms with van der Waals surface area (Å²) >= 11 is 0. The standard InChI is InChI=1S/C12H9F6N3/c1-2-19-9-7-5-6(13)3-4-8(7)20-10(21-9)11(14,15)12(16,17)18/h3-5H,2H2,1H3,(H,19,20,21). The molecule has 0 bridgehead atoms. The van der Waals surface area contributed by atoms with Crippen molar-refractivity contribution >= 4 is 16.7 Å². The second-order valence-electron chi connectivity index (χ2n) is 4.16. The van der Waals surface area contributed by atoms with Gasteiger partial charge < -0.3 is 5.32 Å². The average molecular weight is 309 g/mol. The topological polar surface area (TPSA) is 37.8 Å². The molecule has 2 aromatic rings. The van der Waals surface area contributed by atoms with Crippen molar-refractivity contribution in [1.82, 2.24) is 9.97 Å². The zero-order valence-corrected chi connectivity index (χ0v) is 10.6. The molecule has 0 saturated carbocycles. The Bertz CT molecular complexity index is 668. The van der Waals surface area contributed by atoms with E-state index in [0.29, 0.717) is 0 Å². The molecular formula is C12H9F6N3. The number of alkyl halides is 5. The molecule has 1 N–H and O–H groups in total. The molecule has 9 heteroatoms. The van der Waals surface area contributed by atoms with Crippen molar-refractivity contribution in [1.29, 1.82) is 0 Å². The molecule has 21 heavy (non-hydrogen) atoms. The first-order valence-corrected chi connectivity index (χ1v) is 5.83. The molecule has 0 amide bonds. The van der Waals surface area contributed by atoms with E-state index < -0.39 is 23.7 Å². The lowest BCUT2D eigenvalue weighted by Crippen LogP contribution is -2.35. The maximum Gasteiger partial charge on any atom is 0.461 e. The van der Waals surface area contributed by atoms with Gasteiger partial charge in [0, 0.05) is 11.9 Å². The maximum absolute atomic E-state index is 13.3. The molecule has 0 saturated heterocycles. The van der Waals surface area contributed by atoms with Gasteiger partial charge in [-0.1, -0.05) is 0 Å². The quantitative estimate of drug-likeness (QED) is 0.875. The van der Waals surface area contributed by atoms with Crippen molar-refractivity contribution in [3.63, 3.8) is 0 Å². The van der Waals surface area contributed by atoms with Gasteiger partial charge in [-0.3, -0.25) is 0 Å². The number of nitrogens with one attached hydrogen (secondary N) is 1. The molecule has 2 rings (SSSR count). The predicted molar refractivity (Wildman–Crippen MR) is 63.6 cm³/mol. The van der Waals surface area contributed by atoms with Crippen LogP contribution in [0.4, 0.5) is 32.2 Å². The highest BCUT2D eigenvalue weighted by Crippen LogP contribution is 2.43. The minimum absolute atomic E-state index is 0.0265. The minimum Gasteiger partial charge on any atom is -0.370 e. The summed E-state index contributed by atoms with van der Waals surface area (Å²) in [5.41, 5.74) is -0.207. The van der Waals surface area contributed by atoms with Gasteiger partial charge in [0.1, 0.15) is 11.6 Å². The number of fused-ring (bicyclic) bond motifs is 1. The van der Waals surface area contributed by atoms with E-state index in [2.05, 4.69) is 15.3 Å². The zero-order chi connectivity index (χ0) is 15.8. The molecule has 0 aliphatic rings. The van der Waals surface area contributed by atoms with Crippen molar-refractivity contribution in [3.05, 3.63) is 29.8 Å². The zero-order valence-electron chi connectivity index (χ0n) is 10.6. The van der Waals surface area contributed by atoms with Gasteiger partial charge in [0.15, 0.2) is 0 Å². The van der Waals surface area contributed by atoms with Crippen molar-refractivity contribution in [2.24, 2.45) is 0 Å². The van der Waals surface area contributed by atoms with Crippen LogP contribution in [0, 0.1) is 5.82 Å². The van der Waals surface area contributed by atoms with Crippen LogP contribution in [0.5, 0.6) is 0 Å². The molecule has 0 spiro atoms. The maximum atomic E-state index is 13.3. The van der Waals surface area contributed by atoms with Crippen LogP contribution in [0.3, 0.4) is 0 Å². The second-order valence-corrected chi connectivity index (χ2v) is 4.16. The Labute approximate surface area is 115 Å². The van der Waals surface area contributed by atoms with E-state index in [9.17, 15) is 26.3 Å². The number of rotatable bonds is 3. The normalized spacial score (nSPS) is 12.7. The summed E-state index contributed by atoms with van der Waals surface area (Å²) in [5.74, 6) is -7.83. The summed E-state index contributed by atoms with van der Waals surface area (Å²) in [7, 11) is 0. The van der Waals surface area contributed by atoms with Crippen molar-refractivity contribution in [2.75, 3.05) is 11.9 Å². The van der Waals surface area contributed by atoms with Crippen LogP contribution in [0.25, 0.3) is 10.9 Å². The second kappa shape index (κ2) is 5.05. The summed E-state index contributed by atoms with van der Waals surface area (Å²) in [6.07, 6.45) is -5.82. The van der Waals surface area contributed by atoms with Gasteiger partial charge >= 0.3 is 12.1 Å². The first-order chi connectivity index (χ1) is 9.66. The van der Waals surface area contributed by atoms with E-state index in [4.69, 9.17) is 0 Å². The fraction of sp³-hybridized carbons (Fsp3) is 0.333.